The Hall–Kier alpha value is -0.100. The number of halogens is 2. The van der Waals surface area contributed by atoms with Crippen molar-refractivity contribution < 1.29 is 4.79 Å². The number of amides is 1. The lowest BCUT2D eigenvalue weighted by atomic mass is 10.0. The van der Waals surface area contributed by atoms with Crippen molar-refractivity contribution in [2.24, 2.45) is 5.92 Å². The van der Waals surface area contributed by atoms with Crippen LogP contribution in [-0.4, -0.2) is 11.9 Å². The first-order chi connectivity index (χ1) is 8.43. The van der Waals surface area contributed by atoms with Crippen molar-refractivity contribution in [3.05, 3.63) is 31.8 Å². The van der Waals surface area contributed by atoms with Crippen LogP contribution in [0.4, 0.5) is 0 Å². The molecule has 0 saturated heterocycles. The average Bonchev–Trinajstić information content (AvgIpc) is 2.31. The van der Waals surface area contributed by atoms with Crippen LogP contribution in [0.3, 0.4) is 0 Å². The highest BCUT2D eigenvalue weighted by atomic mass is 127. The summed E-state index contributed by atoms with van der Waals surface area (Å²) in [5, 5.41) is 3.06. The van der Waals surface area contributed by atoms with Crippen LogP contribution in [0.15, 0.2) is 22.7 Å². The molecular weight excluding hydrogens is 405 g/mol. The zero-order valence-electron chi connectivity index (χ0n) is 11.0. The monoisotopic (exact) mass is 423 g/mol. The molecule has 100 valence electrons. The van der Waals surface area contributed by atoms with Gasteiger partial charge in [-0.05, 0) is 60.1 Å². The van der Waals surface area contributed by atoms with Gasteiger partial charge in [-0.15, -0.1) is 0 Å². The summed E-state index contributed by atoms with van der Waals surface area (Å²) in [4.78, 5) is 12.2. The van der Waals surface area contributed by atoms with Gasteiger partial charge in [0, 0.05) is 14.1 Å². The SMILES string of the molecule is CCC(C)CC(C)NC(=O)c1cc(Br)ccc1I. The fourth-order valence-electron chi connectivity index (χ4n) is 1.80. The van der Waals surface area contributed by atoms with Gasteiger partial charge in [-0.2, -0.15) is 0 Å². The van der Waals surface area contributed by atoms with Crippen molar-refractivity contribution in [2.75, 3.05) is 0 Å². The van der Waals surface area contributed by atoms with Crippen LogP contribution in [0.2, 0.25) is 0 Å². The highest BCUT2D eigenvalue weighted by molar-refractivity contribution is 14.1. The van der Waals surface area contributed by atoms with Crippen LogP contribution in [0, 0.1) is 9.49 Å². The standard InChI is InChI=1S/C14H19BrINO/c1-4-9(2)7-10(3)17-14(18)12-8-11(15)5-6-13(12)16/h5-6,8-10H,4,7H2,1-3H3,(H,17,18). The molecule has 0 radical (unpaired) electrons. The molecule has 2 atom stereocenters. The molecular formula is C14H19BrINO. The van der Waals surface area contributed by atoms with E-state index in [9.17, 15) is 4.79 Å². The molecule has 0 aliphatic carbocycles. The van der Waals surface area contributed by atoms with Gasteiger partial charge in [-0.1, -0.05) is 36.2 Å². The molecule has 1 aromatic rings. The minimum Gasteiger partial charge on any atom is -0.350 e. The molecule has 2 nitrogen and oxygen atoms in total. The second-order valence-corrected chi connectivity index (χ2v) is 6.83. The zero-order valence-corrected chi connectivity index (χ0v) is 14.7. The van der Waals surface area contributed by atoms with Crippen LogP contribution in [0.25, 0.3) is 0 Å². The van der Waals surface area contributed by atoms with Crippen LogP contribution in [0.5, 0.6) is 0 Å². The normalized spacial score (nSPS) is 14.1. The summed E-state index contributed by atoms with van der Waals surface area (Å²) in [5.74, 6) is 0.651. The van der Waals surface area contributed by atoms with E-state index in [-0.39, 0.29) is 11.9 Å². The molecule has 1 amide bonds. The number of carbonyl (C=O) groups is 1. The average molecular weight is 424 g/mol. The Bertz CT molecular complexity index is 422. The van der Waals surface area contributed by atoms with Gasteiger partial charge < -0.3 is 5.32 Å². The van der Waals surface area contributed by atoms with Crippen LogP contribution in [0.1, 0.15) is 44.0 Å². The smallest absolute Gasteiger partial charge is 0.252 e. The van der Waals surface area contributed by atoms with Gasteiger partial charge >= 0.3 is 0 Å². The maximum atomic E-state index is 12.2. The highest BCUT2D eigenvalue weighted by Crippen LogP contribution is 2.19. The Morgan fingerprint density at radius 3 is 2.72 bits per heavy atom. The minimum absolute atomic E-state index is 0.0107. The van der Waals surface area contributed by atoms with Gasteiger partial charge in [0.1, 0.15) is 0 Å². The lowest BCUT2D eigenvalue weighted by Crippen LogP contribution is -2.34. The molecule has 0 aliphatic rings. The molecule has 0 aromatic heterocycles. The van der Waals surface area contributed by atoms with Gasteiger partial charge in [0.2, 0.25) is 0 Å². The van der Waals surface area contributed by atoms with E-state index in [2.05, 4.69) is 64.6 Å². The molecule has 1 aromatic carbocycles. The fraction of sp³-hybridized carbons (Fsp3) is 0.500. The summed E-state index contributed by atoms with van der Waals surface area (Å²) in [5.41, 5.74) is 0.737. The minimum atomic E-state index is 0.0107. The van der Waals surface area contributed by atoms with Crippen molar-refractivity contribution in [3.8, 4) is 0 Å². The van der Waals surface area contributed by atoms with E-state index in [1.807, 2.05) is 18.2 Å². The number of benzene rings is 1. The molecule has 1 N–H and O–H groups in total. The lowest BCUT2D eigenvalue weighted by Gasteiger charge is -2.18. The topological polar surface area (TPSA) is 29.1 Å². The van der Waals surface area contributed by atoms with Gasteiger partial charge in [0.05, 0.1) is 5.56 Å². The quantitative estimate of drug-likeness (QED) is 0.688. The Kier molecular flexibility index (Phi) is 6.63. The Morgan fingerprint density at radius 1 is 1.44 bits per heavy atom. The summed E-state index contributed by atoms with van der Waals surface area (Å²) in [7, 11) is 0. The predicted octanol–water partition coefficient (Wildman–Crippen LogP) is 4.61. The summed E-state index contributed by atoms with van der Waals surface area (Å²) in [6, 6.07) is 5.97. The number of hydrogen-bond donors (Lipinski definition) is 1. The first-order valence-corrected chi connectivity index (χ1v) is 8.07. The van der Waals surface area contributed by atoms with Gasteiger partial charge in [-0.3, -0.25) is 4.79 Å². The van der Waals surface area contributed by atoms with Crippen molar-refractivity contribution in [1.82, 2.24) is 5.32 Å². The van der Waals surface area contributed by atoms with E-state index in [0.29, 0.717) is 5.92 Å². The van der Waals surface area contributed by atoms with Crippen LogP contribution >= 0.6 is 38.5 Å². The van der Waals surface area contributed by atoms with Gasteiger partial charge in [-0.25, -0.2) is 0 Å². The van der Waals surface area contributed by atoms with E-state index >= 15 is 0 Å². The second kappa shape index (κ2) is 7.48. The summed E-state index contributed by atoms with van der Waals surface area (Å²) in [6.45, 7) is 6.46. The highest BCUT2D eigenvalue weighted by Gasteiger charge is 2.14. The maximum Gasteiger partial charge on any atom is 0.252 e. The van der Waals surface area contributed by atoms with Crippen molar-refractivity contribution in [2.45, 2.75) is 39.7 Å². The zero-order chi connectivity index (χ0) is 13.7. The van der Waals surface area contributed by atoms with E-state index < -0.39 is 0 Å². The van der Waals surface area contributed by atoms with Crippen LogP contribution < -0.4 is 5.32 Å². The molecule has 0 fully saturated rings. The van der Waals surface area contributed by atoms with Gasteiger partial charge in [0.15, 0.2) is 0 Å². The predicted molar refractivity (Wildman–Crippen MR) is 87.9 cm³/mol. The molecule has 0 saturated carbocycles. The molecule has 0 aliphatic heterocycles. The Morgan fingerprint density at radius 2 is 2.11 bits per heavy atom. The first kappa shape index (κ1) is 16.0. The summed E-state index contributed by atoms with van der Waals surface area (Å²) >= 11 is 5.59. The third-order valence-electron chi connectivity index (χ3n) is 3.00. The van der Waals surface area contributed by atoms with E-state index in [1.54, 1.807) is 0 Å². The molecule has 0 heterocycles. The maximum absolute atomic E-state index is 12.2. The van der Waals surface area contributed by atoms with E-state index in [4.69, 9.17) is 0 Å². The van der Waals surface area contributed by atoms with Crippen molar-refractivity contribution in [1.29, 1.82) is 0 Å². The third-order valence-corrected chi connectivity index (χ3v) is 4.44. The van der Waals surface area contributed by atoms with Crippen molar-refractivity contribution >= 4 is 44.4 Å². The summed E-state index contributed by atoms with van der Waals surface area (Å²) in [6.07, 6.45) is 2.17. The second-order valence-electron chi connectivity index (χ2n) is 4.75. The largest absolute Gasteiger partial charge is 0.350 e. The Labute approximate surface area is 131 Å². The van der Waals surface area contributed by atoms with E-state index in [1.165, 1.54) is 0 Å². The molecule has 0 bridgehead atoms. The molecule has 0 spiro atoms. The number of hydrogen-bond acceptors (Lipinski definition) is 1. The van der Waals surface area contributed by atoms with Gasteiger partial charge in [0.25, 0.3) is 5.91 Å². The molecule has 18 heavy (non-hydrogen) atoms. The number of carbonyl (C=O) groups excluding carboxylic acids is 1. The Balaban J connectivity index is 2.67. The summed E-state index contributed by atoms with van der Waals surface area (Å²) < 4.78 is 1.91. The van der Waals surface area contributed by atoms with E-state index in [0.717, 1.165) is 26.4 Å². The van der Waals surface area contributed by atoms with Crippen molar-refractivity contribution in [3.63, 3.8) is 0 Å². The molecule has 2 unspecified atom stereocenters. The lowest BCUT2D eigenvalue weighted by molar-refractivity contribution is 0.0934. The molecule has 1 rings (SSSR count). The number of nitrogens with one attached hydrogen (secondary N) is 1. The number of rotatable bonds is 5. The molecule has 4 heteroatoms. The third kappa shape index (κ3) is 4.88. The first-order valence-electron chi connectivity index (χ1n) is 6.20. The van der Waals surface area contributed by atoms with Crippen LogP contribution in [-0.2, 0) is 0 Å². The fourth-order valence-corrected chi connectivity index (χ4v) is 2.74.